The van der Waals surface area contributed by atoms with E-state index in [0.717, 1.165) is 41.9 Å². The molecule has 1 aliphatic heterocycles. The Hall–Kier alpha value is -2.60. The van der Waals surface area contributed by atoms with E-state index in [2.05, 4.69) is 4.98 Å². The Morgan fingerprint density at radius 1 is 1.29 bits per heavy atom. The summed E-state index contributed by atoms with van der Waals surface area (Å²) in [6.07, 6.45) is 1.66. The van der Waals surface area contributed by atoms with Gasteiger partial charge in [0, 0.05) is 28.9 Å². The fraction of sp³-hybridized carbons (Fsp3) is 0.222. The molecule has 0 atom stereocenters. The van der Waals surface area contributed by atoms with Crippen molar-refractivity contribution in [2.24, 2.45) is 0 Å². The van der Waals surface area contributed by atoms with E-state index in [-0.39, 0.29) is 6.42 Å². The number of ether oxygens (including phenoxy) is 1. The second kappa shape index (κ2) is 6.13. The highest BCUT2D eigenvalue weighted by molar-refractivity contribution is 7.08. The van der Waals surface area contributed by atoms with Crippen LogP contribution in [0.2, 0.25) is 0 Å². The van der Waals surface area contributed by atoms with Crippen molar-refractivity contribution < 1.29 is 19.1 Å². The smallest absolute Gasteiger partial charge is 0.227 e. The van der Waals surface area contributed by atoms with Gasteiger partial charge in [-0.15, -0.1) is 0 Å². The molecule has 3 heterocycles. The van der Waals surface area contributed by atoms with E-state index < -0.39 is 5.97 Å². The number of aromatic nitrogens is 1. The molecule has 0 unspecified atom stereocenters. The monoisotopic (exact) mass is 340 g/mol. The van der Waals surface area contributed by atoms with Crippen LogP contribution in [0.4, 0.5) is 0 Å². The number of carboxylic acid groups (broad SMARTS) is 1. The number of carbonyl (C=O) groups is 1. The van der Waals surface area contributed by atoms with Crippen molar-refractivity contribution in [1.82, 2.24) is 4.98 Å². The Morgan fingerprint density at radius 2 is 2.21 bits per heavy atom. The number of nitrogens with zero attached hydrogens (tertiary/aromatic N) is 1. The summed E-state index contributed by atoms with van der Waals surface area (Å²) in [7, 11) is 0. The van der Waals surface area contributed by atoms with E-state index in [4.69, 9.17) is 9.15 Å². The van der Waals surface area contributed by atoms with Gasteiger partial charge in [-0.2, -0.15) is 11.3 Å². The average molecular weight is 340 g/mol. The third-order valence-electron chi connectivity index (χ3n) is 3.95. The minimum absolute atomic E-state index is 0.275. The number of hydrogen-bond acceptors (Lipinski definition) is 6. The summed E-state index contributed by atoms with van der Waals surface area (Å²) in [5.74, 6) is 0.625. The second-order valence-corrected chi connectivity index (χ2v) is 6.41. The van der Waals surface area contributed by atoms with Gasteiger partial charge < -0.3 is 19.1 Å². The molecule has 0 radical (unpaired) electrons. The van der Waals surface area contributed by atoms with Crippen LogP contribution >= 0.6 is 11.3 Å². The van der Waals surface area contributed by atoms with Crippen LogP contribution in [0.15, 0.2) is 39.4 Å². The van der Waals surface area contributed by atoms with Gasteiger partial charge in [-0.05, 0) is 48.1 Å². The molecule has 5 nitrogen and oxygen atoms in total. The summed E-state index contributed by atoms with van der Waals surface area (Å²) in [6.45, 7) is 0.739. The molecule has 4 rings (SSSR count). The van der Waals surface area contributed by atoms with Gasteiger partial charge in [0.05, 0.1) is 12.3 Å². The SMILES string of the molecule is O=C([O-])Cc1nc(-c2ccc3c(c2)CCCO3)oc1-c1ccsc1. The van der Waals surface area contributed by atoms with Crippen molar-refractivity contribution in [3.63, 3.8) is 0 Å². The highest BCUT2D eigenvalue weighted by atomic mass is 32.1. The number of oxazole rings is 1. The molecule has 0 N–H and O–H groups in total. The van der Waals surface area contributed by atoms with Crippen LogP contribution < -0.4 is 9.84 Å². The molecular formula is C18H14NO4S-. The van der Waals surface area contributed by atoms with Crippen LogP contribution in [0.25, 0.3) is 22.8 Å². The lowest BCUT2D eigenvalue weighted by Crippen LogP contribution is -2.24. The molecular weight excluding hydrogens is 326 g/mol. The van der Waals surface area contributed by atoms with Crippen LogP contribution in [0, 0.1) is 0 Å². The molecule has 1 aliphatic rings. The Kier molecular flexibility index (Phi) is 3.82. The number of rotatable bonds is 4. The normalized spacial score (nSPS) is 13.3. The van der Waals surface area contributed by atoms with Gasteiger partial charge in [0.1, 0.15) is 5.75 Å². The topological polar surface area (TPSA) is 75.4 Å². The van der Waals surface area contributed by atoms with Gasteiger partial charge in [-0.25, -0.2) is 4.98 Å². The van der Waals surface area contributed by atoms with Gasteiger partial charge in [0.25, 0.3) is 0 Å². The molecule has 6 heteroatoms. The largest absolute Gasteiger partial charge is 0.550 e. The lowest BCUT2D eigenvalue weighted by molar-refractivity contribution is -0.304. The third-order valence-corrected chi connectivity index (χ3v) is 4.63. The van der Waals surface area contributed by atoms with Gasteiger partial charge in [-0.3, -0.25) is 0 Å². The molecule has 0 aliphatic carbocycles. The number of carboxylic acids is 1. The first-order valence-corrected chi connectivity index (χ1v) is 8.63. The summed E-state index contributed by atoms with van der Waals surface area (Å²) in [6, 6.07) is 7.68. The zero-order valence-electron chi connectivity index (χ0n) is 12.8. The first-order valence-electron chi connectivity index (χ1n) is 7.69. The van der Waals surface area contributed by atoms with E-state index in [9.17, 15) is 9.90 Å². The number of aliphatic carboxylic acids is 1. The maximum atomic E-state index is 11.0. The van der Waals surface area contributed by atoms with Crippen LogP contribution in [0.1, 0.15) is 17.7 Å². The van der Waals surface area contributed by atoms with Gasteiger partial charge in [-0.1, -0.05) is 0 Å². The number of benzene rings is 1. The van der Waals surface area contributed by atoms with E-state index in [1.54, 1.807) is 0 Å². The number of carbonyl (C=O) groups excluding carboxylic acids is 1. The van der Waals surface area contributed by atoms with E-state index in [1.165, 1.54) is 11.3 Å². The van der Waals surface area contributed by atoms with E-state index in [0.29, 0.717) is 17.3 Å². The maximum Gasteiger partial charge on any atom is 0.227 e. The van der Waals surface area contributed by atoms with Crippen LogP contribution in [-0.4, -0.2) is 17.6 Å². The van der Waals surface area contributed by atoms with Crippen LogP contribution in [0.5, 0.6) is 5.75 Å². The van der Waals surface area contributed by atoms with Crippen LogP contribution in [-0.2, 0) is 17.6 Å². The number of hydrogen-bond donors (Lipinski definition) is 0. The van der Waals surface area contributed by atoms with Gasteiger partial charge >= 0.3 is 0 Å². The molecule has 3 aromatic rings. The predicted octanol–water partition coefficient (Wildman–Crippen LogP) is 2.69. The van der Waals surface area contributed by atoms with Gasteiger partial charge in [0.15, 0.2) is 5.76 Å². The molecule has 122 valence electrons. The summed E-state index contributed by atoms with van der Waals surface area (Å²) < 4.78 is 11.5. The van der Waals surface area contributed by atoms with Gasteiger partial charge in [0.2, 0.25) is 5.89 Å². The van der Waals surface area contributed by atoms with Crippen molar-refractivity contribution in [2.45, 2.75) is 19.3 Å². The first-order chi connectivity index (χ1) is 11.7. The lowest BCUT2D eigenvalue weighted by atomic mass is 10.0. The fourth-order valence-electron chi connectivity index (χ4n) is 2.84. The number of fused-ring (bicyclic) bond motifs is 1. The molecule has 0 saturated carbocycles. The van der Waals surface area contributed by atoms with Crippen molar-refractivity contribution in [1.29, 1.82) is 0 Å². The minimum Gasteiger partial charge on any atom is -0.550 e. The summed E-state index contributed by atoms with van der Waals surface area (Å²) >= 11 is 1.52. The second-order valence-electron chi connectivity index (χ2n) is 5.63. The summed E-state index contributed by atoms with van der Waals surface area (Å²) in [5, 5.41) is 14.8. The van der Waals surface area contributed by atoms with Crippen molar-refractivity contribution in [2.75, 3.05) is 6.61 Å². The Bertz CT molecular complexity index is 883. The van der Waals surface area contributed by atoms with E-state index >= 15 is 0 Å². The minimum atomic E-state index is -1.18. The zero-order valence-corrected chi connectivity index (χ0v) is 13.6. The highest BCUT2D eigenvalue weighted by Gasteiger charge is 2.19. The molecule has 1 aromatic carbocycles. The van der Waals surface area contributed by atoms with E-state index in [1.807, 2.05) is 35.0 Å². The molecule has 0 spiro atoms. The standard InChI is InChI=1S/C18H15NO4S/c20-16(21)9-14-17(13-5-7-24-10-13)23-18(19-14)12-3-4-15-11(8-12)2-1-6-22-15/h3-5,7-8,10H,1-2,6,9H2,(H,20,21)/p-1. The predicted molar refractivity (Wildman–Crippen MR) is 87.8 cm³/mol. The lowest BCUT2D eigenvalue weighted by Gasteiger charge is -2.17. The molecule has 24 heavy (non-hydrogen) atoms. The Morgan fingerprint density at radius 3 is 3.00 bits per heavy atom. The summed E-state index contributed by atoms with van der Waals surface area (Å²) in [4.78, 5) is 15.4. The maximum absolute atomic E-state index is 11.0. The van der Waals surface area contributed by atoms with Crippen LogP contribution in [0.3, 0.4) is 0 Å². The van der Waals surface area contributed by atoms with Crippen molar-refractivity contribution in [3.8, 4) is 28.5 Å². The number of thiophene rings is 1. The third kappa shape index (κ3) is 2.80. The molecule has 0 bridgehead atoms. The Balaban J connectivity index is 1.77. The summed E-state index contributed by atoms with van der Waals surface area (Å²) in [5.41, 5.74) is 3.16. The molecule has 0 saturated heterocycles. The quantitative estimate of drug-likeness (QED) is 0.730. The average Bonchev–Trinajstić information content (AvgIpc) is 3.23. The Labute approximate surface area is 142 Å². The molecule has 0 amide bonds. The highest BCUT2D eigenvalue weighted by Crippen LogP contribution is 2.34. The zero-order chi connectivity index (χ0) is 16.5. The molecule has 2 aromatic heterocycles. The number of aryl methyl sites for hydroxylation is 1. The fourth-order valence-corrected chi connectivity index (χ4v) is 3.48. The first kappa shape index (κ1) is 15.0. The van der Waals surface area contributed by atoms with Crippen molar-refractivity contribution >= 4 is 17.3 Å². The van der Waals surface area contributed by atoms with Crippen molar-refractivity contribution in [3.05, 3.63) is 46.3 Å². The molecule has 0 fully saturated rings.